The van der Waals surface area contributed by atoms with Crippen LogP contribution in [0.3, 0.4) is 0 Å². The van der Waals surface area contributed by atoms with E-state index < -0.39 is 5.91 Å². The second-order valence-corrected chi connectivity index (χ2v) is 8.10. The molecule has 0 aliphatic heterocycles. The largest absolute Gasteiger partial charge is 0.321 e. The highest BCUT2D eigenvalue weighted by molar-refractivity contribution is 6.34. The van der Waals surface area contributed by atoms with Crippen molar-refractivity contribution in [3.63, 3.8) is 0 Å². The van der Waals surface area contributed by atoms with Crippen molar-refractivity contribution in [1.82, 2.24) is 4.57 Å². The Balaban J connectivity index is 1.96. The minimum absolute atomic E-state index is 0.0239. The highest BCUT2D eigenvalue weighted by Crippen LogP contribution is 2.30. The minimum Gasteiger partial charge on any atom is -0.321 e. The van der Waals surface area contributed by atoms with Gasteiger partial charge in [0.2, 0.25) is 0 Å². The first kappa shape index (κ1) is 22.0. The quantitative estimate of drug-likeness (QED) is 0.341. The summed E-state index contributed by atoms with van der Waals surface area (Å²) < 4.78 is 1.94. The Kier molecular flexibility index (Phi) is 6.58. The Hall–Kier alpha value is -2.71. The first-order valence-corrected chi connectivity index (χ1v) is 10.2. The Labute approximate surface area is 190 Å². The number of halogens is 3. The normalized spacial score (nSPS) is 11.3. The van der Waals surface area contributed by atoms with Gasteiger partial charge in [-0.15, -0.1) is 0 Å². The third kappa shape index (κ3) is 4.55. The third-order valence-electron chi connectivity index (χ3n) is 4.71. The van der Waals surface area contributed by atoms with E-state index >= 15 is 0 Å². The fourth-order valence-corrected chi connectivity index (χ4v) is 3.68. The molecule has 152 valence electrons. The second-order valence-electron chi connectivity index (χ2n) is 6.85. The van der Waals surface area contributed by atoms with Crippen LogP contribution in [-0.4, -0.2) is 10.5 Å². The average molecular weight is 459 g/mol. The van der Waals surface area contributed by atoms with E-state index in [0.29, 0.717) is 20.8 Å². The Morgan fingerprint density at radius 2 is 1.77 bits per heavy atom. The number of rotatable bonds is 4. The lowest BCUT2D eigenvalue weighted by atomic mass is 10.1. The molecule has 7 heteroatoms. The van der Waals surface area contributed by atoms with Gasteiger partial charge in [-0.25, -0.2) is 0 Å². The lowest BCUT2D eigenvalue weighted by molar-refractivity contribution is -0.112. The first-order chi connectivity index (χ1) is 14.2. The number of nitriles is 1. The van der Waals surface area contributed by atoms with Gasteiger partial charge in [-0.1, -0.05) is 40.9 Å². The number of aryl methyl sites for hydroxylation is 2. The summed E-state index contributed by atoms with van der Waals surface area (Å²) in [6, 6.07) is 14.3. The Bertz CT molecular complexity index is 1220. The number of anilines is 1. The van der Waals surface area contributed by atoms with Crippen LogP contribution in [0.1, 0.15) is 22.5 Å². The molecule has 3 aromatic rings. The van der Waals surface area contributed by atoms with Gasteiger partial charge in [0.1, 0.15) is 11.6 Å². The van der Waals surface area contributed by atoms with Crippen molar-refractivity contribution in [2.75, 3.05) is 5.32 Å². The Morgan fingerprint density at radius 3 is 2.43 bits per heavy atom. The van der Waals surface area contributed by atoms with Crippen LogP contribution in [0.15, 0.2) is 48.0 Å². The van der Waals surface area contributed by atoms with Crippen molar-refractivity contribution >= 4 is 52.5 Å². The molecule has 2 aromatic carbocycles. The molecule has 0 fully saturated rings. The predicted molar refractivity (Wildman–Crippen MR) is 124 cm³/mol. The number of carbonyl (C=O) groups is 1. The molecule has 4 nitrogen and oxygen atoms in total. The maximum atomic E-state index is 12.6. The van der Waals surface area contributed by atoms with Gasteiger partial charge in [0, 0.05) is 27.1 Å². The molecular weight excluding hydrogens is 441 g/mol. The monoisotopic (exact) mass is 457 g/mol. The molecular formula is C23H18Cl3N3O. The van der Waals surface area contributed by atoms with E-state index in [1.165, 1.54) is 0 Å². The van der Waals surface area contributed by atoms with E-state index in [2.05, 4.69) is 5.32 Å². The van der Waals surface area contributed by atoms with E-state index in [9.17, 15) is 10.1 Å². The SMILES string of the molecule is Cc1ccc(NC(=O)/C(C#N)=C\c2cc(C)n(-c3cc(Cl)ccc3Cl)c2C)cc1Cl. The Morgan fingerprint density at radius 1 is 1.03 bits per heavy atom. The van der Waals surface area contributed by atoms with Crippen molar-refractivity contribution in [2.24, 2.45) is 0 Å². The van der Waals surface area contributed by atoms with Crippen LogP contribution in [0.25, 0.3) is 11.8 Å². The van der Waals surface area contributed by atoms with Crippen molar-refractivity contribution in [3.05, 3.63) is 85.6 Å². The van der Waals surface area contributed by atoms with Crippen LogP contribution in [0, 0.1) is 32.1 Å². The zero-order valence-corrected chi connectivity index (χ0v) is 18.8. The topological polar surface area (TPSA) is 57.8 Å². The summed E-state index contributed by atoms with van der Waals surface area (Å²) in [4.78, 5) is 12.6. The standard InChI is InChI=1S/C23H18Cl3N3O/c1-13-4-6-19(11-21(13)26)28-23(30)17(12-27)9-16-8-14(2)29(15(16)3)22-10-18(24)5-7-20(22)25/h4-11H,1-3H3,(H,28,30)/b17-9-. The molecule has 1 amide bonds. The highest BCUT2D eigenvalue weighted by Gasteiger charge is 2.16. The molecule has 0 aliphatic carbocycles. The maximum absolute atomic E-state index is 12.6. The lowest BCUT2D eigenvalue weighted by Crippen LogP contribution is -2.13. The minimum atomic E-state index is -0.511. The van der Waals surface area contributed by atoms with Gasteiger partial charge in [-0.05, 0) is 74.4 Å². The molecule has 30 heavy (non-hydrogen) atoms. The van der Waals surface area contributed by atoms with E-state index in [0.717, 1.165) is 28.2 Å². The highest BCUT2D eigenvalue weighted by atomic mass is 35.5. The van der Waals surface area contributed by atoms with Crippen LogP contribution >= 0.6 is 34.8 Å². The van der Waals surface area contributed by atoms with E-state index in [4.69, 9.17) is 34.8 Å². The van der Waals surface area contributed by atoms with Crippen LogP contribution < -0.4 is 5.32 Å². The van der Waals surface area contributed by atoms with Gasteiger partial charge in [0.15, 0.2) is 0 Å². The van der Waals surface area contributed by atoms with Crippen molar-refractivity contribution in [3.8, 4) is 11.8 Å². The number of carbonyl (C=O) groups excluding carboxylic acids is 1. The van der Waals surface area contributed by atoms with Gasteiger partial charge in [-0.3, -0.25) is 4.79 Å². The number of hydrogen-bond donors (Lipinski definition) is 1. The molecule has 0 radical (unpaired) electrons. The van der Waals surface area contributed by atoms with Crippen molar-refractivity contribution in [1.29, 1.82) is 5.26 Å². The van der Waals surface area contributed by atoms with Gasteiger partial charge < -0.3 is 9.88 Å². The van der Waals surface area contributed by atoms with Gasteiger partial charge >= 0.3 is 0 Å². The molecule has 1 N–H and O–H groups in total. The van der Waals surface area contributed by atoms with Crippen LogP contribution in [-0.2, 0) is 4.79 Å². The first-order valence-electron chi connectivity index (χ1n) is 9.05. The summed E-state index contributed by atoms with van der Waals surface area (Å²) in [5.41, 5.74) is 4.59. The summed E-state index contributed by atoms with van der Waals surface area (Å²) in [5, 5.41) is 13.9. The molecule has 0 saturated carbocycles. The maximum Gasteiger partial charge on any atom is 0.266 e. The molecule has 0 spiro atoms. The fourth-order valence-electron chi connectivity index (χ4n) is 3.13. The predicted octanol–water partition coefficient (Wildman–Crippen LogP) is 6.91. The van der Waals surface area contributed by atoms with Gasteiger partial charge in [0.25, 0.3) is 5.91 Å². The number of benzene rings is 2. The molecule has 0 atom stereocenters. The lowest BCUT2D eigenvalue weighted by Gasteiger charge is -2.12. The summed E-state index contributed by atoms with van der Waals surface area (Å²) in [6.07, 6.45) is 1.56. The number of amides is 1. The summed E-state index contributed by atoms with van der Waals surface area (Å²) in [5.74, 6) is -0.511. The zero-order chi connectivity index (χ0) is 22.0. The van der Waals surface area contributed by atoms with Gasteiger partial charge in [-0.2, -0.15) is 5.26 Å². The van der Waals surface area contributed by atoms with Crippen LogP contribution in [0.4, 0.5) is 5.69 Å². The van der Waals surface area contributed by atoms with Gasteiger partial charge in [0.05, 0.1) is 10.7 Å². The zero-order valence-electron chi connectivity index (χ0n) is 16.6. The van der Waals surface area contributed by atoms with Crippen LogP contribution in [0.5, 0.6) is 0 Å². The average Bonchev–Trinajstić information content (AvgIpc) is 2.97. The summed E-state index contributed by atoms with van der Waals surface area (Å²) in [6.45, 7) is 5.68. The summed E-state index contributed by atoms with van der Waals surface area (Å²) >= 11 is 18.6. The molecule has 1 aromatic heterocycles. The molecule has 3 rings (SSSR count). The second kappa shape index (κ2) is 8.97. The number of nitrogens with one attached hydrogen (secondary N) is 1. The van der Waals surface area contributed by atoms with E-state index in [1.54, 1.807) is 42.5 Å². The molecule has 0 aliphatic rings. The van der Waals surface area contributed by atoms with Crippen molar-refractivity contribution < 1.29 is 4.79 Å². The van der Waals surface area contributed by atoms with E-state index in [1.807, 2.05) is 37.5 Å². The molecule has 0 saturated heterocycles. The number of aromatic nitrogens is 1. The molecule has 0 bridgehead atoms. The molecule has 0 unspecified atom stereocenters. The van der Waals surface area contributed by atoms with Crippen LogP contribution in [0.2, 0.25) is 15.1 Å². The number of nitrogens with zero attached hydrogens (tertiary/aromatic N) is 2. The van der Waals surface area contributed by atoms with Crippen molar-refractivity contribution in [2.45, 2.75) is 20.8 Å². The summed E-state index contributed by atoms with van der Waals surface area (Å²) in [7, 11) is 0. The third-order valence-corrected chi connectivity index (χ3v) is 5.68. The number of hydrogen-bond acceptors (Lipinski definition) is 2. The molecule has 1 heterocycles. The smallest absolute Gasteiger partial charge is 0.266 e. The fraction of sp³-hybridized carbons (Fsp3) is 0.130. The van der Waals surface area contributed by atoms with E-state index in [-0.39, 0.29) is 5.57 Å².